The first-order chi connectivity index (χ1) is 21.4. The minimum absolute atomic E-state index is 0.0411. The molecule has 2 N–H and O–H groups in total. The molecule has 1 amide bonds. The Morgan fingerprint density at radius 1 is 0.933 bits per heavy atom. The monoisotopic (exact) mass is 615 g/mol. The number of amides is 1. The third-order valence-electron chi connectivity index (χ3n) is 10.9. The van der Waals surface area contributed by atoms with Gasteiger partial charge in [-0.2, -0.15) is 0 Å². The zero-order valence-electron chi connectivity index (χ0n) is 26.8. The third-order valence-corrected chi connectivity index (χ3v) is 10.9. The van der Waals surface area contributed by atoms with Gasteiger partial charge in [0.2, 0.25) is 5.91 Å². The van der Waals surface area contributed by atoms with E-state index in [9.17, 15) is 24.3 Å². The molecule has 4 aliphatic carbocycles. The highest BCUT2D eigenvalue weighted by atomic mass is 16.5. The Morgan fingerprint density at radius 2 is 1.67 bits per heavy atom. The highest BCUT2D eigenvalue weighted by Gasteiger charge is 2.59. The number of benzene rings is 2. The Hall–Kier alpha value is -3.94. The lowest BCUT2D eigenvalue weighted by molar-refractivity contribution is -0.159. The summed E-state index contributed by atoms with van der Waals surface area (Å²) in [7, 11) is 0. The molecule has 8 heteroatoms. The predicted octanol–water partition coefficient (Wildman–Crippen LogP) is 7.41. The highest BCUT2D eigenvalue weighted by Crippen LogP contribution is 2.65. The van der Waals surface area contributed by atoms with Gasteiger partial charge in [0.25, 0.3) is 0 Å². The van der Waals surface area contributed by atoms with Crippen LogP contribution in [0.15, 0.2) is 60.2 Å². The van der Waals surface area contributed by atoms with Gasteiger partial charge in [-0.25, -0.2) is 4.79 Å². The Balaban J connectivity index is 0.000000183. The van der Waals surface area contributed by atoms with E-state index in [0.29, 0.717) is 35.5 Å². The molecule has 2 aromatic rings. The molecule has 0 bridgehead atoms. The lowest BCUT2D eigenvalue weighted by Crippen LogP contribution is -2.51. The summed E-state index contributed by atoms with van der Waals surface area (Å²) >= 11 is 0. The molecule has 2 aromatic carbocycles. The number of ketones is 1. The second kappa shape index (κ2) is 13.2. The number of anilines is 1. The number of aromatic hydroxyl groups is 1. The molecule has 6 unspecified atom stereocenters. The van der Waals surface area contributed by atoms with Crippen LogP contribution in [0.2, 0.25) is 0 Å². The first kappa shape index (κ1) is 32.5. The van der Waals surface area contributed by atoms with Crippen molar-refractivity contribution in [2.75, 3.05) is 5.32 Å². The molecule has 0 spiro atoms. The second-order valence-corrected chi connectivity index (χ2v) is 13.5. The summed E-state index contributed by atoms with van der Waals surface area (Å²) in [6.07, 6.45) is 11.3. The normalized spacial score (nSPS) is 29.9. The van der Waals surface area contributed by atoms with Gasteiger partial charge in [0.15, 0.2) is 5.78 Å². The molecule has 45 heavy (non-hydrogen) atoms. The van der Waals surface area contributed by atoms with Crippen LogP contribution in [0.1, 0.15) is 95.8 Å². The first-order valence-corrected chi connectivity index (χ1v) is 16.3. The third kappa shape index (κ3) is 6.70. The molecule has 3 saturated carbocycles. The number of allylic oxidation sites excluding steroid dienone is 1. The minimum Gasteiger partial charge on any atom is -0.507 e. The fourth-order valence-corrected chi connectivity index (χ4v) is 8.56. The number of phenolic OH excluding ortho intramolecular Hbond substituents is 1. The SMILES string of the molecule is CC(=O)Nc1ccc(OC(=O)c2ccccc2O)cc1.CCC(=O)OC1CCC2C3CCC4=CC(=O)CCC4(C)C3CCC12C. The van der Waals surface area contributed by atoms with Gasteiger partial charge < -0.3 is 19.9 Å². The number of phenols is 1. The van der Waals surface area contributed by atoms with Gasteiger partial charge in [0.1, 0.15) is 23.2 Å². The van der Waals surface area contributed by atoms with E-state index in [-0.39, 0.29) is 40.1 Å². The Labute approximate surface area is 265 Å². The molecule has 3 fully saturated rings. The van der Waals surface area contributed by atoms with Gasteiger partial charge in [0, 0.05) is 30.9 Å². The van der Waals surface area contributed by atoms with E-state index in [1.165, 1.54) is 43.9 Å². The van der Waals surface area contributed by atoms with Gasteiger partial charge in [-0.3, -0.25) is 14.4 Å². The lowest BCUT2D eigenvalue weighted by Gasteiger charge is -2.57. The van der Waals surface area contributed by atoms with Crippen molar-refractivity contribution in [2.24, 2.45) is 28.6 Å². The minimum atomic E-state index is -0.643. The Kier molecular flexibility index (Phi) is 9.52. The van der Waals surface area contributed by atoms with Gasteiger partial charge in [-0.15, -0.1) is 0 Å². The van der Waals surface area contributed by atoms with Crippen LogP contribution in [0.3, 0.4) is 0 Å². The molecule has 0 aromatic heterocycles. The Morgan fingerprint density at radius 3 is 2.36 bits per heavy atom. The van der Waals surface area contributed by atoms with Crippen LogP contribution < -0.4 is 10.1 Å². The number of carbonyl (C=O) groups is 4. The van der Waals surface area contributed by atoms with E-state index in [2.05, 4.69) is 19.2 Å². The predicted molar refractivity (Wildman–Crippen MR) is 171 cm³/mol. The van der Waals surface area contributed by atoms with Gasteiger partial charge >= 0.3 is 11.9 Å². The number of fused-ring (bicyclic) bond motifs is 5. The smallest absolute Gasteiger partial charge is 0.347 e. The molecular formula is C37H45NO7. The molecular weight excluding hydrogens is 570 g/mol. The number of nitrogens with one attached hydrogen (secondary N) is 1. The lowest BCUT2D eigenvalue weighted by atomic mass is 9.47. The van der Waals surface area contributed by atoms with Crippen molar-refractivity contribution in [3.8, 4) is 11.5 Å². The van der Waals surface area contributed by atoms with Crippen molar-refractivity contribution in [2.45, 2.75) is 91.6 Å². The van der Waals surface area contributed by atoms with Gasteiger partial charge in [-0.1, -0.05) is 38.5 Å². The molecule has 4 aliphatic rings. The average Bonchev–Trinajstić information content (AvgIpc) is 3.34. The number of hydrogen-bond acceptors (Lipinski definition) is 7. The summed E-state index contributed by atoms with van der Waals surface area (Å²) in [6, 6.07) is 12.5. The summed E-state index contributed by atoms with van der Waals surface area (Å²) in [6.45, 7) is 8.10. The maximum absolute atomic E-state index is 11.9. The van der Waals surface area contributed by atoms with E-state index in [0.717, 1.165) is 38.0 Å². The van der Waals surface area contributed by atoms with Crippen LogP contribution in [-0.4, -0.2) is 34.8 Å². The van der Waals surface area contributed by atoms with Crippen LogP contribution >= 0.6 is 0 Å². The van der Waals surface area contributed by atoms with Gasteiger partial charge in [0.05, 0.1) is 0 Å². The maximum Gasteiger partial charge on any atom is 0.347 e. The number of esters is 2. The zero-order chi connectivity index (χ0) is 32.4. The van der Waals surface area contributed by atoms with Crippen molar-refractivity contribution >= 4 is 29.3 Å². The van der Waals surface area contributed by atoms with Crippen molar-refractivity contribution in [1.29, 1.82) is 0 Å². The summed E-state index contributed by atoms with van der Waals surface area (Å²) < 4.78 is 11.0. The maximum atomic E-state index is 11.9. The van der Waals surface area contributed by atoms with Crippen LogP contribution in [-0.2, 0) is 19.1 Å². The highest BCUT2D eigenvalue weighted by molar-refractivity contribution is 5.94. The number of carbonyl (C=O) groups excluding carboxylic acids is 4. The molecule has 0 radical (unpaired) electrons. The first-order valence-electron chi connectivity index (χ1n) is 16.3. The second-order valence-electron chi connectivity index (χ2n) is 13.5. The van der Waals surface area contributed by atoms with Gasteiger partial charge in [-0.05, 0) is 111 Å². The van der Waals surface area contributed by atoms with Crippen molar-refractivity contribution in [3.05, 3.63) is 65.7 Å². The molecule has 0 saturated heterocycles. The average molecular weight is 616 g/mol. The quantitative estimate of drug-likeness (QED) is 0.266. The molecule has 6 atom stereocenters. The Bertz CT molecular complexity index is 1480. The van der Waals surface area contributed by atoms with E-state index >= 15 is 0 Å². The van der Waals surface area contributed by atoms with Crippen LogP contribution in [0.5, 0.6) is 11.5 Å². The van der Waals surface area contributed by atoms with Crippen LogP contribution in [0.4, 0.5) is 5.69 Å². The van der Waals surface area contributed by atoms with E-state index < -0.39 is 5.97 Å². The molecule has 0 aliphatic heterocycles. The van der Waals surface area contributed by atoms with E-state index in [1.54, 1.807) is 36.4 Å². The summed E-state index contributed by atoms with van der Waals surface area (Å²) in [5.41, 5.74) is 2.53. The van der Waals surface area contributed by atoms with Crippen molar-refractivity contribution in [1.82, 2.24) is 0 Å². The van der Waals surface area contributed by atoms with Crippen LogP contribution in [0, 0.1) is 28.6 Å². The molecule has 8 nitrogen and oxygen atoms in total. The number of ether oxygens (including phenoxy) is 2. The summed E-state index contributed by atoms with van der Waals surface area (Å²) in [5, 5.41) is 12.2. The number of hydrogen-bond donors (Lipinski definition) is 2. The van der Waals surface area contributed by atoms with Crippen molar-refractivity contribution in [3.63, 3.8) is 0 Å². The molecule has 240 valence electrons. The number of para-hydroxylation sites is 1. The number of rotatable bonds is 5. The standard InChI is InChI=1S/C22H32O3.C15H13NO4/c1-4-20(24)25-19-8-7-17-16-6-5-14-13-15(23)9-11-21(14,2)18(16)10-12-22(17,19)3;1-10(17)16-11-6-8-12(9-7-11)20-15(19)13-4-2-3-5-14(13)18/h13,16-19H,4-12H2,1-3H3;2-9,18H,1H3,(H,16,17). The largest absolute Gasteiger partial charge is 0.507 e. The summed E-state index contributed by atoms with van der Waals surface area (Å²) in [5.74, 6) is 1.79. The fourth-order valence-electron chi connectivity index (χ4n) is 8.56. The zero-order valence-corrected chi connectivity index (χ0v) is 26.8. The summed E-state index contributed by atoms with van der Waals surface area (Å²) in [4.78, 5) is 46.5. The molecule has 6 rings (SSSR count). The fraction of sp³-hybridized carbons (Fsp3) is 0.514. The van der Waals surface area contributed by atoms with Crippen LogP contribution in [0.25, 0.3) is 0 Å². The van der Waals surface area contributed by atoms with Crippen molar-refractivity contribution < 1.29 is 33.8 Å². The molecule has 0 heterocycles. The van der Waals surface area contributed by atoms with E-state index in [1.807, 2.05) is 13.0 Å². The topological polar surface area (TPSA) is 119 Å². The van der Waals surface area contributed by atoms with E-state index in [4.69, 9.17) is 9.47 Å².